The Labute approximate surface area is 212 Å². The number of nitrogens with one attached hydrogen (secondary N) is 2. The van der Waals surface area contributed by atoms with Crippen LogP contribution in [0.2, 0.25) is 0 Å². The number of amides is 3. The van der Waals surface area contributed by atoms with Gasteiger partial charge < -0.3 is 20.1 Å². The van der Waals surface area contributed by atoms with E-state index in [1.807, 2.05) is 30.3 Å². The van der Waals surface area contributed by atoms with Crippen LogP contribution in [-0.4, -0.2) is 66.0 Å². The predicted molar refractivity (Wildman–Crippen MR) is 132 cm³/mol. The molecule has 3 fully saturated rings. The summed E-state index contributed by atoms with van der Waals surface area (Å²) in [6.45, 7) is 6.50. The van der Waals surface area contributed by atoms with Crippen LogP contribution in [0.25, 0.3) is 0 Å². The van der Waals surface area contributed by atoms with E-state index in [1.54, 1.807) is 20.8 Å². The van der Waals surface area contributed by atoms with Crippen LogP contribution in [0.5, 0.6) is 0 Å². The van der Waals surface area contributed by atoms with E-state index in [2.05, 4.69) is 10.6 Å². The van der Waals surface area contributed by atoms with Gasteiger partial charge in [0.15, 0.2) is 5.78 Å². The van der Waals surface area contributed by atoms with Crippen LogP contribution in [0.3, 0.4) is 0 Å². The number of carbonyl (C=O) groups excluding carboxylic acids is 4. The van der Waals surface area contributed by atoms with Crippen molar-refractivity contribution < 1.29 is 28.7 Å². The van der Waals surface area contributed by atoms with Gasteiger partial charge in [-0.3, -0.25) is 19.3 Å². The number of hydrogen-bond donors (Lipinski definition) is 2. The van der Waals surface area contributed by atoms with Crippen molar-refractivity contribution in [3.63, 3.8) is 0 Å². The number of rotatable bonds is 9. The summed E-state index contributed by atoms with van der Waals surface area (Å²) in [6, 6.07) is 7.93. The maximum absolute atomic E-state index is 13.5. The highest BCUT2D eigenvalue weighted by Crippen LogP contribution is 2.55. The minimum Gasteiger partial charge on any atom is -0.444 e. The topological polar surface area (TPSA) is 114 Å². The number of Topliss-reactive ketones (excluding diaryl/α,β-unsaturated/α-hetero) is 1. The van der Waals surface area contributed by atoms with Crippen LogP contribution in [-0.2, 0) is 30.5 Å². The average molecular weight is 500 g/mol. The molecule has 0 radical (unpaired) electrons. The predicted octanol–water partition coefficient (Wildman–Crippen LogP) is 2.57. The van der Waals surface area contributed by atoms with Crippen LogP contribution in [0, 0.1) is 11.3 Å². The summed E-state index contributed by atoms with van der Waals surface area (Å²) >= 11 is 0. The molecule has 9 heteroatoms. The molecule has 2 aliphatic heterocycles. The smallest absolute Gasteiger partial charge is 0.410 e. The molecule has 1 saturated carbocycles. The normalized spacial score (nSPS) is 23.3. The quantitative estimate of drug-likeness (QED) is 0.540. The number of nitrogens with zero attached hydrogens (tertiary/aromatic N) is 1. The molecule has 2 N–H and O–H groups in total. The highest BCUT2D eigenvalue weighted by atomic mass is 16.6. The first-order valence-electron chi connectivity index (χ1n) is 12.8. The fourth-order valence-corrected chi connectivity index (χ4v) is 4.98. The lowest BCUT2D eigenvalue weighted by molar-refractivity contribution is -0.133. The second-order valence-corrected chi connectivity index (χ2v) is 11.3. The molecule has 0 bridgehead atoms. The van der Waals surface area contributed by atoms with E-state index in [9.17, 15) is 19.2 Å². The van der Waals surface area contributed by atoms with Crippen molar-refractivity contribution in [1.29, 1.82) is 0 Å². The van der Waals surface area contributed by atoms with E-state index in [-0.39, 0.29) is 48.6 Å². The number of ether oxygens (including phenoxy) is 2. The van der Waals surface area contributed by atoms with Crippen molar-refractivity contribution in [2.45, 2.75) is 77.2 Å². The Morgan fingerprint density at radius 1 is 1.19 bits per heavy atom. The average Bonchev–Trinajstić information content (AvgIpc) is 3.27. The van der Waals surface area contributed by atoms with Crippen LogP contribution in [0.1, 0.15) is 58.4 Å². The summed E-state index contributed by atoms with van der Waals surface area (Å²) < 4.78 is 11.2. The van der Waals surface area contributed by atoms with Crippen molar-refractivity contribution in [3.05, 3.63) is 35.9 Å². The number of benzene rings is 1. The first-order chi connectivity index (χ1) is 17.1. The molecule has 1 spiro atoms. The first-order valence-corrected chi connectivity index (χ1v) is 12.8. The summed E-state index contributed by atoms with van der Waals surface area (Å²) in [5, 5.41) is 5.66. The Morgan fingerprint density at radius 2 is 1.92 bits per heavy atom. The maximum atomic E-state index is 13.5. The van der Waals surface area contributed by atoms with Gasteiger partial charge in [-0.25, -0.2) is 4.79 Å². The third kappa shape index (κ3) is 6.63. The Morgan fingerprint density at radius 3 is 2.53 bits per heavy atom. The lowest BCUT2D eigenvalue weighted by Gasteiger charge is -2.29. The zero-order valence-electron chi connectivity index (χ0n) is 21.4. The van der Waals surface area contributed by atoms with Gasteiger partial charge in [0.1, 0.15) is 18.2 Å². The molecule has 2 saturated heterocycles. The second-order valence-electron chi connectivity index (χ2n) is 11.3. The highest BCUT2D eigenvalue weighted by molar-refractivity contribution is 5.93. The van der Waals surface area contributed by atoms with Crippen LogP contribution >= 0.6 is 0 Å². The molecule has 36 heavy (non-hydrogen) atoms. The molecule has 9 nitrogen and oxygen atoms in total. The lowest BCUT2D eigenvalue weighted by atomic mass is 9.95. The minimum absolute atomic E-state index is 0.0391. The zero-order chi connectivity index (χ0) is 25.9. The third-order valence-corrected chi connectivity index (χ3v) is 7.14. The zero-order valence-corrected chi connectivity index (χ0v) is 21.4. The second kappa shape index (κ2) is 10.6. The monoisotopic (exact) mass is 499 g/mol. The molecule has 1 aliphatic carbocycles. The molecular formula is C27H37N3O6. The highest BCUT2D eigenvalue weighted by Gasteiger charge is 2.56. The Balaban J connectivity index is 1.42. The number of hydrogen-bond acceptors (Lipinski definition) is 6. The fourth-order valence-electron chi connectivity index (χ4n) is 4.98. The first kappa shape index (κ1) is 26.1. The van der Waals surface area contributed by atoms with Gasteiger partial charge in [-0.15, -0.1) is 0 Å². The van der Waals surface area contributed by atoms with Crippen molar-refractivity contribution >= 4 is 23.7 Å². The molecule has 1 aromatic carbocycles. The largest absolute Gasteiger partial charge is 0.444 e. The molecule has 0 aromatic heterocycles. The van der Waals surface area contributed by atoms with E-state index in [1.165, 1.54) is 4.90 Å². The van der Waals surface area contributed by atoms with E-state index in [4.69, 9.17) is 9.47 Å². The maximum Gasteiger partial charge on any atom is 0.410 e. The van der Waals surface area contributed by atoms with Crippen molar-refractivity contribution in [2.24, 2.45) is 11.3 Å². The van der Waals surface area contributed by atoms with E-state index in [0.29, 0.717) is 25.9 Å². The van der Waals surface area contributed by atoms with Gasteiger partial charge >= 0.3 is 6.09 Å². The summed E-state index contributed by atoms with van der Waals surface area (Å²) in [6.07, 6.45) is 2.78. The van der Waals surface area contributed by atoms with E-state index < -0.39 is 23.8 Å². The Hall–Kier alpha value is -2.94. The minimum atomic E-state index is -0.877. The van der Waals surface area contributed by atoms with E-state index in [0.717, 1.165) is 18.4 Å². The molecule has 3 aliphatic rings. The van der Waals surface area contributed by atoms with Gasteiger partial charge in [0.2, 0.25) is 11.8 Å². The fraction of sp³-hybridized carbons (Fsp3) is 0.630. The molecular weight excluding hydrogens is 462 g/mol. The lowest BCUT2D eigenvalue weighted by Crippen LogP contribution is -2.52. The number of likely N-dealkylation sites (tertiary alicyclic amines) is 1. The van der Waals surface area contributed by atoms with Crippen molar-refractivity contribution in [2.75, 3.05) is 19.7 Å². The van der Waals surface area contributed by atoms with Crippen molar-refractivity contribution in [3.8, 4) is 0 Å². The number of ketones is 1. The van der Waals surface area contributed by atoms with Crippen LogP contribution in [0.4, 0.5) is 4.79 Å². The summed E-state index contributed by atoms with van der Waals surface area (Å²) in [4.78, 5) is 53.2. The molecule has 3 amide bonds. The molecule has 3 atom stereocenters. The van der Waals surface area contributed by atoms with Gasteiger partial charge in [0.05, 0.1) is 12.6 Å². The van der Waals surface area contributed by atoms with Gasteiger partial charge in [-0.2, -0.15) is 0 Å². The summed E-state index contributed by atoms with van der Waals surface area (Å²) in [7, 11) is 0. The van der Waals surface area contributed by atoms with Crippen LogP contribution in [0.15, 0.2) is 30.3 Å². The van der Waals surface area contributed by atoms with Gasteiger partial charge in [0.25, 0.3) is 0 Å². The van der Waals surface area contributed by atoms with E-state index >= 15 is 0 Å². The Bertz CT molecular complexity index is 985. The van der Waals surface area contributed by atoms with Gasteiger partial charge in [-0.1, -0.05) is 30.3 Å². The van der Waals surface area contributed by atoms with Gasteiger partial charge in [-0.05, 0) is 63.9 Å². The molecule has 1 aromatic rings. The van der Waals surface area contributed by atoms with Crippen molar-refractivity contribution in [1.82, 2.24) is 15.5 Å². The third-order valence-electron chi connectivity index (χ3n) is 7.14. The number of carbonyl (C=O) groups is 4. The van der Waals surface area contributed by atoms with Gasteiger partial charge in [0, 0.05) is 19.0 Å². The summed E-state index contributed by atoms with van der Waals surface area (Å²) in [5.41, 5.74) is 0.222. The Kier molecular flexibility index (Phi) is 7.68. The SMILES string of the molecule is CC(C)(C)OC(=O)N1CC2(CC2)C[C@H]1C(=O)N[C@@H](C[C@@H]1CCNC1=O)C(=O)COCc1ccccc1. The summed E-state index contributed by atoms with van der Waals surface area (Å²) in [5.74, 6) is -1.14. The standard InChI is InChI=1S/C27H37N3O6/c1-26(2,3)36-25(34)30-17-27(10-11-27)14-21(30)24(33)29-20(13-19-9-12-28-23(19)32)22(31)16-35-15-18-7-5-4-6-8-18/h4-8,19-21H,9-17H2,1-3H3,(H,28,32)(H,29,33)/t19-,20-,21-/m0/s1. The molecule has 196 valence electrons. The molecule has 0 unspecified atom stereocenters. The molecule has 4 rings (SSSR count). The van der Waals surface area contributed by atoms with Crippen LogP contribution < -0.4 is 10.6 Å². The molecule has 2 heterocycles.